The molecule has 0 spiro atoms. The van der Waals surface area contributed by atoms with E-state index >= 15 is 0 Å². The molecule has 3 aliphatic heterocycles. The molecule has 35 heavy (non-hydrogen) atoms. The Morgan fingerprint density at radius 1 is 1.00 bits per heavy atom. The third-order valence-electron chi connectivity index (χ3n) is 7.43. The van der Waals surface area contributed by atoms with Gasteiger partial charge in [-0.15, -0.1) is 10.2 Å². The van der Waals surface area contributed by atoms with Gasteiger partial charge >= 0.3 is 0 Å². The fraction of sp³-hybridized carbons (Fsp3) is 0.480. The average Bonchev–Trinajstić information content (AvgIpc) is 3.13. The summed E-state index contributed by atoms with van der Waals surface area (Å²) in [6, 6.07) is 10.2. The van der Waals surface area contributed by atoms with E-state index in [2.05, 4.69) is 43.6 Å². The van der Waals surface area contributed by atoms with Crippen LogP contribution in [-0.4, -0.2) is 63.7 Å². The topological polar surface area (TPSA) is 84.2 Å². The molecule has 2 fully saturated rings. The van der Waals surface area contributed by atoms with Gasteiger partial charge in [-0.2, -0.15) is 0 Å². The Labute approximate surface area is 210 Å². The second-order valence-electron chi connectivity index (χ2n) is 10.1. The number of anilines is 1. The summed E-state index contributed by atoms with van der Waals surface area (Å²) in [5, 5.41) is 9.96. The normalized spacial score (nSPS) is 20.7. The van der Waals surface area contributed by atoms with Gasteiger partial charge < -0.3 is 4.90 Å². The zero-order chi connectivity index (χ0) is 24.3. The number of hydrogen-bond donors (Lipinski definition) is 0. The van der Waals surface area contributed by atoms with E-state index in [1.54, 1.807) is 0 Å². The minimum atomic E-state index is -2.92. The van der Waals surface area contributed by atoms with Crippen molar-refractivity contribution in [1.82, 2.24) is 24.6 Å². The van der Waals surface area contributed by atoms with Crippen LogP contribution in [0.3, 0.4) is 0 Å². The molecule has 0 amide bonds. The number of hydrogen-bond acceptors (Lipinski definition) is 7. The Hall–Kier alpha value is -2.49. The fourth-order valence-electron chi connectivity index (χ4n) is 5.67. The maximum atomic E-state index is 11.9. The molecule has 0 bridgehead atoms. The number of piperidine rings is 1. The van der Waals surface area contributed by atoms with Crippen molar-refractivity contribution in [3.8, 4) is 5.69 Å². The Morgan fingerprint density at radius 2 is 1.77 bits per heavy atom. The predicted molar refractivity (Wildman–Crippen MR) is 136 cm³/mol. The van der Waals surface area contributed by atoms with Gasteiger partial charge in [-0.1, -0.05) is 11.6 Å². The summed E-state index contributed by atoms with van der Waals surface area (Å²) in [6.07, 6.45) is 1.95. The molecule has 0 N–H and O–H groups in total. The Balaban J connectivity index is 1.29. The molecule has 6 rings (SSSR count). The first-order chi connectivity index (χ1) is 16.8. The lowest BCUT2D eigenvalue weighted by atomic mass is 9.95. The summed E-state index contributed by atoms with van der Waals surface area (Å²) in [6.45, 7) is 7.22. The highest BCUT2D eigenvalue weighted by atomic mass is 35.5. The molecule has 2 saturated heterocycles. The Morgan fingerprint density at radius 3 is 2.49 bits per heavy atom. The summed E-state index contributed by atoms with van der Waals surface area (Å²) in [5.74, 6) is 3.59. The van der Waals surface area contributed by atoms with Crippen LogP contribution < -0.4 is 4.90 Å². The number of sulfone groups is 1. The second kappa shape index (κ2) is 8.57. The molecular formula is C25H29ClN6O2S. The molecular weight excluding hydrogens is 484 g/mol. The molecule has 5 heterocycles. The smallest absolute Gasteiger partial charge is 0.153 e. The van der Waals surface area contributed by atoms with E-state index in [0.717, 1.165) is 60.3 Å². The molecule has 0 atom stereocenters. The van der Waals surface area contributed by atoms with E-state index in [9.17, 15) is 8.42 Å². The third-order valence-corrected chi connectivity index (χ3v) is 9.45. The largest absolute Gasteiger partial charge is 0.357 e. The SMILES string of the molecule is Cc1cc(C)nc(N2CCC(c3nnc4n3-c3ccc(Cl)cc3CN(C3CS(=O)(=O)C3)C4)CC2)c1. The summed E-state index contributed by atoms with van der Waals surface area (Å²) >= 11 is 6.37. The standard InChI is InChI=1S/C25H29ClN6O2S/c1-16-9-17(2)27-23(10-16)30-7-5-18(6-8-30)25-29-28-24-13-31(21-14-35(33,34)15-21)12-19-11-20(26)3-4-22(19)32(24)25/h3-4,9-11,18,21H,5-8,12-15H2,1-2H3. The van der Waals surface area contributed by atoms with Crippen LogP contribution in [0.5, 0.6) is 0 Å². The highest BCUT2D eigenvalue weighted by Gasteiger charge is 2.40. The fourth-order valence-corrected chi connectivity index (χ4v) is 7.36. The maximum Gasteiger partial charge on any atom is 0.153 e. The van der Waals surface area contributed by atoms with Gasteiger partial charge in [0.05, 0.1) is 23.7 Å². The number of aromatic nitrogens is 4. The lowest BCUT2D eigenvalue weighted by Crippen LogP contribution is -2.52. The lowest BCUT2D eigenvalue weighted by Gasteiger charge is -2.35. The van der Waals surface area contributed by atoms with Crippen LogP contribution in [0.2, 0.25) is 5.02 Å². The first-order valence-corrected chi connectivity index (χ1v) is 14.3. The van der Waals surface area contributed by atoms with E-state index < -0.39 is 9.84 Å². The molecule has 3 aliphatic rings. The third kappa shape index (κ3) is 4.34. The maximum absolute atomic E-state index is 11.9. The first-order valence-electron chi connectivity index (χ1n) is 12.1. The van der Waals surface area contributed by atoms with Gasteiger partial charge in [-0.25, -0.2) is 13.4 Å². The van der Waals surface area contributed by atoms with Gasteiger partial charge in [0.1, 0.15) is 11.6 Å². The van der Waals surface area contributed by atoms with Gasteiger partial charge in [0, 0.05) is 42.3 Å². The van der Waals surface area contributed by atoms with Gasteiger partial charge in [-0.3, -0.25) is 9.47 Å². The van der Waals surface area contributed by atoms with Crippen molar-refractivity contribution < 1.29 is 8.42 Å². The molecule has 0 saturated carbocycles. The number of benzene rings is 1. The van der Waals surface area contributed by atoms with Crippen molar-refractivity contribution in [1.29, 1.82) is 0 Å². The lowest BCUT2D eigenvalue weighted by molar-refractivity contribution is 0.193. The number of halogens is 1. The first kappa shape index (κ1) is 22.9. The number of fused-ring (bicyclic) bond motifs is 3. The van der Waals surface area contributed by atoms with Gasteiger partial charge in [0.15, 0.2) is 15.7 Å². The predicted octanol–water partition coefficient (Wildman–Crippen LogP) is 3.43. The van der Waals surface area contributed by atoms with Crippen molar-refractivity contribution in [2.24, 2.45) is 0 Å². The number of nitrogens with zero attached hydrogens (tertiary/aromatic N) is 6. The van der Waals surface area contributed by atoms with Crippen LogP contribution in [0.1, 0.15) is 47.2 Å². The highest BCUT2D eigenvalue weighted by molar-refractivity contribution is 7.92. The quantitative estimate of drug-likeness (QED) is 0.531. The number of aryl methyl sites for hydroxylation is 2. The molecule has 1 aromatic carbocycles. The molecule has 3 aromatic rings. The molecule has 0 unspecified atom stereocenters. The van der Waals surface area contributed by atoms with Crippen molar-refractivity contribution in [3.05, 3.63) is 63.8 Å². The molecule has 10 heteroatoms. The zero-order valence-electron chi connectivity index (χ0n) is 20.0. The molecule has 0 aliphatic carbocycles. The van der Waals surface area contributed by atoms with Gasteiger partial charge in [-0.05, 0) is 68.1 Å². The van der Waals surface area contributed by atoms with Crippen molar-refractivity contribution in [3.63, 3.8) is 0 Å². The average molecular weight is 513 g/mol. The Kier molecular flexibility index (Phi) is 5.62. The van der Waals surface area contributed by atoms with Crippen molar-refractivity contribution in [2.75, 3.05) is 29.5 Å². The molecule has 0 radical (unpaired) electrons. The van der Waals surface area contributed by atoms with Crippen LogP contribution in [0, 0.1) is 13.8 Å². The van der Waals surface area contributed by atoms with E-state index in [0.29, 0.717) is 18.1 Å². The van der Waals surface area contributed by atoms with Crippen LogP contribution in [0.4, 0.5) is 5.82 Å². The monoisotopic (exact) mass is 512 g/mol. The van der Waals surface area contributed by atoms with E-state index in [1.165, 1.54) is 5.56 Å². The van der Waals surface area contributed by atoms with Crippen LogP contribution in [0.25, 0.3) is 5.69 Å². The van der Waals surface area contributed by atoms with Crippen molar-refractivity contribution in [2.45, 2.75) is 51.7 Å². The summed E-state index contributed by atoms with van der Waals surface area (Å²) in [4.78, 5) is 9.32. The van der Waals surface area contributed by atoms with E-state index in [4.69, 9.17) is 16.6 Å². The number of pyridine rings is 1. The second-order valence-corrected chi connectivity index (χ2v) is 12.7. The molecule has 8 nitrogen and oxygen atoms in total. The minimum absolute atomic E-state index is 0.00653. The summed E-state index contributed by atoms with van der Waals surface area (Å²) in [7, 11) is -2.92. The van der Waals surface area contributed by atoms with Crippen molar-refractivity contribution >= 4 is 27.3 Å². The molecule has 2 aromatic heterocycles. The van der Waals surface area contributed by atoms with E-state index in [1.807, 2.05) is 25.1 Å². The van der Waals surface area contributed by atoms with Crippen LogP contribution >= 0.6 is 11.6 Å². The van der Waals surface area contributed by atoms with Crippen LogP contribution in [-0.2, 0) is 22.9 Å². The molecule has 184 valence electrons. The Bertz CT molecular complexity index is 1360. The minimum Gasteiger partial charge on any atom is -0.357 e. The highest BCUT2D eigenvalue weighted by Crippen LogP contribution is 2.35. The van der Waals surface area contributed by atoms with Gasteiger partial charge in [0.25, 0.3) is 0 Å². The van der Waals surface area contributed by atoms with E-state index in [-0.39, 0.29) is 23.5 Å². The summed E-state index contributed by atoms with van der Waals surface area (Å²) in [5.41, 5.74) is 4.41. The summed E-state index contributed by atoms with van der Waals surface area (Å²) < 4.78 is 25.9. The zero-order valence-corrected chi connectivity index (χ0v) is 21.6. The van der Waals surface area contributed by atoms with Gasteiger partial charge in [0.2, 0.25) is 0 Å². The van der Waals surface area contributed by atoms with Crippen LogP contribution in [0.15, 0.2) is 30.3 Å². The number of rotatable bonds is 3.